The van der Waals surface area contributed by atoms with Gasteiger partial charge >= 0.3 is 18.2 Å². The average molecular weight is 220 g/mol. The first-order valence-electron chi connectivity index (χ1n) is 4.14. The number of hydrogen-bond donors (Lipinski definition) is 0. The molecule has 0 rings (SSSR count). The first kappa shape index (κ1) is 15.6. The van der Waals surface area contributed by atoms with Crippen LogP contribution in [0.5, 0.6) is 0 Å². The van der Waals surface area contributed by atoms with E-state index < -0.39 is 18.2 Å². The van der Waals surface area contributed by atoms with E-state index in [1.54, 1.807) is 0 Å². The van der Waals surface area contributed by atoms with Crippen molar-refractivity contribution in [2.75, 3.05) is 0 Å². The Morgan fingerprint density at radius 2 is 1.92 bits per heavy atom. The fraction of sp³-hybridized carbons (Fsp3) is 0.667. The van der Waals surface area contributed by atoms with Gasteiger partial charge in [-0.2, -0.15) is 0 Å². The molecule has 0 N–H and O–H groups in total. The lowest BCUT2D eigenvalue weighted by molar-refractivity contribution is 0.602. The van der Waals surface area contributed by atoms with Gasteiger partial charge in [-0.15, -0.1) is 6.58 Å². The molecule has 1 atom stereocenters. The molecule has 0 aliphatic carbocycles. The number of halogens is 2. The molecule has 0 fully saturated rings. The molecular weight excluding hydrogens is 203 g/mol. The van der Waals surface area contributed by atoms with Gasteiger partial charge in [0, 0.05) is 0 Å². The maximum absolute atomic E-state index is 4.90. The van der Waals surface area contributed by atoms with Gasteiger partial charge in [0.15, 0.2) is 0 Å². The number of hydrogen-bond acceptors (Lipinski definition) is 0. The van der Waals surface area contributed by atoms with Crippen molar-refractivity contribution >= 4 is 36.3 Å². The SMILES string of the molecule is [CH2]C(C)CCCC(=C)C.[Cl][Mg][Cl]. The van der Waals surface area contributed by atoms with E-state index in [9.17, 15) is 0 Å². The van der Waals surface area contributed by atoms with E-state index in [-0.39, 0.29) is 0 Å². The Hall–Kier alpha value is 1.09. The quantitative estimate of drug-likeness (QED) is 0.492. The summed E-state index contributed by atoms with van der Waals surface area (Å²) >= 11 is -0.639. The van der Waals surface area contributed by atoms with E-state index in [2.05, 4.69) is 27.4 Å². The molecule has 0 aromatic carbocycles. The molecule has 0 saturated heterocycles. The number of rotatable bonds is 4. The fourth-order valence-electron chi connectivity index (χ4n) is 0.752. The molecule has 69 valence electrons. The molecule has 0 bridgehead atoms. The Balaban J connectivity index is 0. The minimum atomic E-state index is -0.639. The highest BCUT2D eigenvalue weighted by Gasteiger charge is 1.92. The maximum atomic E-state index is 4.90. The van der Waals surface area contributed by atoms with Crippen molar-refractivity contribution in [3.8, 4) is 0 Å². The first-order valence-corrected chi connectivity index (χ1v) is 8.41. The topological polar surface area (TPSA) is 0 Å². The molecular formula is C9H17Cl2Mg. The van der Waals surface area contributed by atoms with Crippen LogP contribution in [0.1, 0.15) is 33.1 Å². The van der Waals surface area contributed by atoms with Crippen molar-refractivity contribution in [3.05, 3.63) is 19.1 Å². The molecule has 0 aliphatic heterocycles. The highest BCUT2D eigenvalue weighted by atomic mass is 35.6. The smallest absolute Gasteiger partial charge is 0.309 e. The molecule has 12 heavy (non-hydrogen) atoms. The Labute approximate surface area is 94.0 Å². The molecule has 0 spiro atoms. The minimum Gasteiger partial charge on any atom is -0.309 e. The monoisotopic (exact) mass is 219 g/mol. The second-order valence-electron chi connectivity index (χ2n) is 3.06. The van der Waals surface area contributed by atoms with Crippen LogP contribution in [-0.2, 0) is 0 Å². The van der Waals surface area contributed by atoms with Gasteiger partial charge in [-0.25, -0.2) is 0 Å². The third kappa shape index (κ3) is 22.5. The number of allylic oxidation sites excluding steroid dienone is 1. The van der Waals surface area contributed by atoms with Crippen molar-refractivity contribution in [3.63, 3.8) is 0 Å². The van der Waals surface area contributed by atoms with Crippen molar-refractivity contribution < 1.29 is 0 Å². The van der Waals surface area contributed by atoms with Crippen molar-refractivity contribution in [2.45, 2.75) is 33.1 Å². The van der Waals surface area contributed by atoms with E-state index >= 15 is 0 Å². The zero-order valence-electron chi connectivity index (χ0n) is 8.08. The van der Waals surface area contributed by atoms with Crippen LogP contribution < -0.4 is 0 Å². The second-order valence-corrected chi connectivity index (χ2v) is 5.68. The summed E-state index contributed by atoms with van der Waals surface area (Å²) in [7, 11) is 9.81. The van der Waals surface area contributed by atoms with E-state index in [0.29, 0.717) is 5.92 Å². The summed E-state index contributed by atoms with van der Waals surface area (Å²) in [4.78, 5) is 0. The Kier molecular flexibility index (Phi) is 15.7. The second kappa shape index (κ2) is 12.1. The van der Waals surface area contributed by atoms with Gasteiger partial charge < -0.3 is 18.1 Å². The summed E-state index contributed by atoms with van der Waals surface area (Å²) in [6.07, 6.45) is 3.65. The lowest BCUT2D eigenvalue weighted by Crippen LogP contribution is -1.86. The van der Waals surface area contributed by atoms with Crippen LogP contribution in [0.3, 0.4) is 0 Å². The fourth-order valence-corrected chi connectivity index (χ4v) is 0.752. The molecule has 0 amide bonds. The Morgan fingerprint density at radius 1 is 1.50 bits per heavy atom. The van der Waals surface area contributed by atoms with E-state index in [1.807, 2.05) is 0 Å². The summed E-state index contributed by atoms with van der Waals surface area (Å²) in [5, 5.41) is 0. The molecule has 0 aliphatic rings. The lowest BCUT2D eigenvalue weighted by atomic mass is 10.0. The van der Waals surface area contributed by atoms with Crippen LogP contribution in [0.15, 0.2) is 12.2 Å². The molecule has 0 aromatic heterocycles. The average Bonchev–Trinajstić information content (AvgIpc) is 1.87. The van der Waals surface area contributed by atoms with Crippen molar-refractivity contribution in [2.24, 2.45) is 5.92 Å². The van der Waals surface area contributed by atoms with Crippen LogP contribution in [-0.4, -0.2) is 18.2 Å². The van der Waals surface area contributed by atoms with Gasteiger partial charge in [0.1, 0.15) is 0 Å². The highest BCUT2D eigenvalue weighted by Crippen LogP contribution is 2.09. The summed E-state index contributed by atoms with van der Waals surface area (Å²) in [5.74, 6) is 0.601. The zero-order chi connectivity index (χ0) is 9.98. The molecule has 1 radical (unpaired) electrons. The third-order valence-electron chi connectivity index (χ3n) is 1.30. The predicted molar refractivity (Wildman–Crippen MR) is 60.6 cm³/mol. The molecule has 0 nitrogen and oxygen atoms in total. The zero-order valence-corrected chi connectivity index (χ0v) is 11.0. The predicted octanol–water partition coefficient (Wildman–Crippen LogP) is 4.20. The van der Waals surface area contributed by atoms with Gasteiger partial charge in [-0.1, -0.05) is 25.8 Å². The Morgan fingerprint density at radius 3 is 2.17 bits per heavy atom. The summed E-state index contributed by atoms with van der Waals surface area (Å²) < 4.78 is 0. The van der Waals surface area contributed by atoms with Crippen molar-refractivity contribution in [1.29, 1.82) is 0 Å². The van der Waals surface area contributed by atoms with Gasteiger partial charge in [0.05, 0.1) is 0 Å². The standard InChI is InChI=1S/C9H17.2ClH.Mg/c1-8(2)6-5-7-9(3)4;;;/h8H,1,3,5-7H2,2,4H3;2*1H;/q;;;+2/p-2. The van der Waals surface area contributed by atoms with Gasteiger partial charge in [-0.05, 0) is 25.7 Å². The lowest BCUT2D eigenvalue weighted by Gasteiger charge is -2.02. The summed E-state index contributed by atoms with van der Waals surface area (Å²) in [6.45, 7) is 12.0. The largest absolute Gasteiger partial charge is 0.618 e. The molecule has 0 aromatic rings. The maximum Gasteiger partial charge on any atom is 0.618 e. The highest BCUT2D eigenvalue weighted by molar-refractivity contribution is 7.22. The van der Waals surface area contributed by atoms with E-state index in [0.717, 1.165) is 0 Å². The molecule has 0 heterocycles. The normalized spacial score (nSPS) is 8.50. The van der Waals surface area contributed by atoms with Crippen LogP contribution in [0.2, 0.25) is 0 Å². The van der Waals surface area contributed by atoms with Gasteiger partial charge in [0.25, 0.3) is 0 Å². The first-order chi connectivity index (χ1) is 5.54. The van der Waals surface area contributed by atoms with Crippen LogP contribution >= 0.6 is 18.1 Å². The Bertz CT molecular complexity index is 103. The van der Waals surface area contributed by atoms with Crippen molar-refractivity contribution in [1.82, 2.24) is 0 Å². The summed E-state index contributed by atoms with van der Waals surface area (Å²) in [6, 6.07) is 0. The summed E-state index contributed by atoms with van der Waals surface area (Å²) in [5.41, 5.74) is 1.29. The van der Waals surface area contributed by atoms with E-state index in [1.165, 1.54) is 24.8 Å². The van der Waals surface area contributed by atoms with Gasteiger partial charge in [-0.3, -0.25) is 0 Å². The van der Waals surface area contributed by atoms with E-state index in [4.69, 9.17) is 18.1 Å². The minimum absolute atomic E-state index is 0.601. The third-order valence-corrected chi connectivity index (χ3v) is 1.30. The van der Waals surface area contributed by atoms with Gasteiger partial charge in [0.2, 0.25) is 0 Å². The molecule has 1 unspecified atom stereocenters. The molecule has 3 heteroatoms. The van der Waals surface area contributed by atoms with Crippen LogP contribution in [0.25, 0.3) is 0 Å². The van der Waals surface area contributed by atoms with Crippen LogP contribution in [0.4, 0.5) is 0 Å². The van der Waals surface area contributed by atoms with Crippen LogP contribution in [0, 0.1) is 12.8 Å². The molecule has 0 saturated carbocycles.